The summed E-state index contributed by atoms with van der Waals surface area (Å²) in [5.74, 6) is 0.652. The quantitative estimate of drug-likeness (QED) is 0.847. The second-order valence-corrected chi connectivity index (χ2v) is 4.68. The van der Waals surface area contributed by atoms with Crippen LogP contribution in [0.15, 0.2) is 42.5 Å². The molecular weight excluding hydrogens is 284 g/mol. The maximum atomic E-state index is 12.6. The highest BCUT2D eigenvalue weighted by Crippen LogP contribution is 2.28. The predicted molar refractivity (Wildman–Crippen MR) is 76.7 cm³/mol. The number of nitrogens with one attached hydrogen (secondary N) is 1. The van der Waals surface area contributed by atoms with Gasteiger partial charge < -0.3 is 10.1 Å². The minimum atomic E-state index is -2.46. The number of alkyl halides is 2. The van der Waals surface area contributed by atoms with E-state index >= 15 is 0 Å². The summed E-state index contributed by atoms with van der Waals surface area (Å²) in [6, 6.07) is 11.5. The van der Waals surface area contributed by atoms with E-state index in [4.69, 9.17) is 16.3 Å². The molecule has 0 atom stereocenters. The summed E-state index contributed by atoms with van der Waals surface area (Å²) in [6.07, 6.45) is -2.46. The van der Waals surface area contributed by atoms with Gasteiger partial charge in [-0.3, -0.25) is 0 Å². The normalized spacial score (nSPS) is 10.7. The molecule has 20 heavy (non-hydrogen) atoms. The molecule has 0 aromatic heterocycles. The fraction of sp³-hybridized carbons (Fsp3) is 0.200. The highest BCUT2D eigenvalue weighted by atomic mass is 35.5. The molecule has 0 heterocycles. The zero-order valence-corrected chi connectivity index (χ0v) is 11.6. The van der Waals surface area contributed by atoms with Gasteiger partial charge in [0.05, 0.1) is 12.8 Å². The number of rotatable bonds is 5. The zero-order valence-electron chi connectivity index (χ0n) is 10.9. The molecule has 2 nitrogen and oxygen atoms in total. The van der Waals surface area contributed by atoms with Crippen LogP contribution in [0.5, 0.6) is 5.75 Å². The van der Waals surface area contributed by atoms with Crippen LogP contribution < -0.4 is 10.1 Å². The molecule has 0 saturated carbocycles. The van der Waals surface area contributed by atoms with Gasteiger partial charge in [-0.15, -0.1) is 0 Å². The Labute approximate surface area is 121 Å². The Hall–Kier alpha value is -1.81. The van der Waals surface area contributed by atoms with Crippen molar-refractivity contribution in [3.8, 4) is 5.75 Å². The summed E-state index contributed by atoms with van der Waals surface area (Å²) in [4.78, 5) is 0. The van der Waals surface area contributed by atoms with Crippen molar-refractivity contribution >= 4 is 17.3 Å². The lowest BCUT2D eigenvalue weighted by Gasteiger charge is -2.12. The van der Waals surface area contributed by atoms with E-state index in [1.54, 1.807) is 37.4 Å². The molecule has 5 heteroatoms. The zero-order chi connectivity index (χ0) is 14.5. The number of hydrogen-bond donors (Lipinski definition) is 1. The van der Waals surface area contributed by atoms with Crippen molar-refractivity contribution in [3.63, 3.8) is 0 Å². The number of benzene rings is 2. The lowest BCUT2D eigenvalue weighted by Crippen LogP contribution is -2.02. The van der Waals surface area contributed by atoms with Gasteiger partial charge in [0.25, 0.3) is 6.43 Å². The SMILES string of the molecule is COc1ccc(Cl)cc1NCc1cccc(C(F)F)c1. The Morgan fingerprint density at radius 1 is 1.20 bits per heavy atom. The minimum Gasteiger partial charge on any atom is -0.495 e. The first kappa shape index (κ1) is 14.6. The third kappa shape index (κ3) is 3.61. The first-order chi connectivity index (χ1) is 9.60. The highest BCUT2D eigenvalue weighted by molar-refractivity contribution is 6.30. The van der Waals surface area contributed by atoms with E-state index in [-0.39, 0.29) is 5.56 Å². The Bertz CT molecular complexity index is 590. The molecule has 2 rings (SSSR count). The van der Waals surface area contributed by atoms with Crippen molar-refractivity contribution in [3.05, 3.63) is 58.6 Å². The molecule has 2 aromatic carbocycles. The average molecular weight is 298 g/mol. The molecular formula is C15H14ClF2NO. The molecule has 106 valence electrons. The maximum Gasteiger partial charge on any atom is 0.263 e. The number of methoxy groups -OCH3 is 1. The standard InChI is InChI=1S/C15H14ClF2NO/c1-20-14-6-5-12(16)8-13(14)19-9-10-3-2-4-11(7-10)15(17)18/h2-8,15,19H,9H2,1H3. The van der Waals surface area contributed by atoms with Gasteiger partial charge in [0.15, 0.2) is 0 Å². The molecule has 0 aliphatic carbocycles. The number of ether oxygens (including phenoxy) is 1. The number of hydrogen-bond acceptors (Lipinski definition) is 2. The lowest BCUT2D eigenvalue weighted by molar-refractivity contribution is 0.151. The molecule has 0 spiro atoms. The fourth-order valence-corrected chi connectivity index (χ4v) is 2.03. The second kappa shape index (κ2) is 6.57. The van der Waals surface area contributed by atoms with Gasteiger partial charge in [-0.1, -0.05) is 29.8 Å². The van der Waals surface area contributed by atoms with Gasteiger partial charge in [0, 0.05) is 17.1 Å². The van der Waals surface area contributed by atoms with Gasteiger partial charge in [-0.05, 0) is 29.8 Å². The smallest absolute Gasteiger partial charge is 0.263 e. The van der Waals surface area contributed by atoms with Gasteiger partial charge in [0.2, 0.25) is 0 Å². The molecule has 1 N–H and O–H groups in total. The molecule has 2 aromatic rings. The Morgan fingerprint density at radius 3 is 2.70 bits per heavy atom. The Balaban J connectivity index is 2.12. The summed E-state index contributed by atoms with van der Waals surface area (Å²) in [5.41, 5.74) is 1.51. The van der Waals surface area contributed by atoms with E-state index in [9.17, 15) is 8.78 Å². The van der Waals surface area contributed by atoms with Crippen molar-refractivity contribution in [2.75, 3.05) is 12.4 Å². The molecule has 0 saturated heterocycles. The van der Waals surface area contributed by atoms with Crippen LogP contribution in [0.3, 0.4) is 0 Å². The number of halogens is 3. The van der Waals surface area contributed by atoms with Crippen LogP contribution in [-0.2, 0) is 6.54 Å². The van der Waals surface area contributed by atoms with Crippen molar-refractivity contribution < 1.29 is 13.5 Å². The van der Waals surface area contributed by atoms with E-state index in [1.165, 1.54) is 12.1 Å². The van der Waals surface area contributed by atoms with E-state index in [1.807, 2.05) is 0 Å². The van der Waals surface area contributed by atoms with E-state index in [0.29, 0.717) is 17.3 Å². The van der Waals surface area contributed by atoms with Gasteiger partial charge in [-0.2, -0.15) is 0 Å². The van der Waals surface area contributed by atoms with Gasteiger partial charge in [-0.25, -0.2) is 8.78 Å². The number of anilines is 1. The van der Waals surface area contributed by atoms with Crippen molar-refractivity contribution in [2.24, 2.45) is 0 Å². The third-order valence-corrected chi connectivity index (χ3v) is 3.08. The van der Waals surface area contributed by atoms with Crippen LogP contribution in [-0.4, -0.2) is 7.11 Å². The summed E-state index contributed by atoms with van der Waals surface area (Å²) < 4.78 is 30.5. The van der Waals surface area contributed by atoms with Crippen molar-refractivity contribution in [1.29, 1.82) is 0 Å². The monoisotopic (exact) mass is 297 g/mol. The topological polar surface area (TPSA) is 21.3 Å². The summed E-state index contributed by atoms with van der Waals surface area (Å²) >= 11 is 5.93. The molecule has 0 aliphatic rings. The lowest BCUT2D eigenvalue weighted by atomic mass is 10.1. The van der Waals surface area contributed by atoms with E-state index in [2.05, 4.69) is 5.32 Å². The fourth-order valence-electron chi connectivity index (χ4n) is 1.85. The van der Waals surface area contributed by atoms with E-state index < -0.39 is 6.43 Å². The molecule has 0 bridgehead atoms. The third-order valence-electron chi connectivity index (χ3n) is 2.85. The first-order valence-electron chi connectivity index (χ1n) is 6.04. The molecule has 0 radical (unpaired) electrons. The van der Waals surface area contributed by atoms with Crippen LogP contribution in [0, 0.1) is 0 Å². The molecule has 0 aliphatic heterocycles. The predicted octanol–water partition coefficient (Wildman–Crippen LogP) is 4.90. The Kier molecular flexibility index (Phi) is 4.79. The summed E-state index contributed by atoms with van der Waals surface area (Å²) in [6.45, 7) is 0.414. The van der Waals surface area contributed by atoms with Gasteiger partial charge in [0.1, 0.15) is 5.75 Å². The average Bonchev–Trinajstić information content (AvgIpc) is 2.45. The van der Waals surface area contributed by atoms with E-state index in [0.717, 1.165) is 11.3 Å². The largest absolute Gasteiger partial charge is 0.495 e. The Morgan fingerprint density at radius 2 is 2.00 bits per heavy atom. The highest BCUT2D eigenvalue weighted by Gasteiger charge is 2.08. The molecule has 0 unspecified atom stereocenters. The first-order valence-corrected chi connectivity index (χ1v) is 6.42. The van der Waals surface area contributed by atoms with Crippen LogP contribution in [0.25, 0.3) is 0 Å². The second-order valence-electron chi connectivity index (χ2n) is 4.24. The summed E-state index contributed by atoms with van der Waals surface area (Å²) in [5, 5.41) is 3.71. The molecule has 0 amide bonds. The summed E-state index contributed by atoms with van der Waals surface area (Å²) in [7, 11) is 1.56. The van der Waals surface area contributed by atoms with Crippen molar-refractivity contribution in [2.45, 2.75) is 13.0 Å². The van der Waals surface area contributed by atoms with Gasteiger partial charge >= 0.3 is 0 Å². The maximum absolute atomic E-state index is 12.6. The van der Waals surface area contributed by atoms with Crippen LogP contribution in [0.4, 0.5) is 14.5 Å². The minimum absolute atomic E-state index is 0.0161. The molecule has 0 fully saturated rings. The van der Waals surface area contributed by atoms with Crippen LogP contribution in [0.2, 0.25) is 5.02 Å². The van der Waals surface area contributed by atoms with Crippen molar-refractivity contribution in [1.82, 2.24) is 0 Å². The van der Waals surface area contributed by atoms with Crippen LogP contribution >= 0.6 is 11.6 Å². The van der Waals surface area contributed by atoms with Crippen LogP contribution in [0.1, 0.15) is 17.6 Å².